The molecular weight excluding hydrogens is 250 g/mol. The molecule has 0 saturated carbocycles. The van der Waals surface area contributed by atoms with Crippen molar-refractivity contribution in [3.8, 4) is 0 Å². The Hall–Kier alpha value is -2.70. The van der Waals surface area contributed by atoms with E-state index in [1.54, 1.807) is 0 Å². The van der Waals surface area contributed by atoms with E-state index in [-0.39, 0.29) is 19.0 Å². The van der Waals surface area contributed by atoms with E-state index in [2.05, 4.69) is 5.10 Å². The van der Waals surface area contributed by atoms with E-state index in [1.807, 2.05) is 30.3 Å². The number of esters is 1. The third-order valence-corrected chi connectivity index (χ3v) is 2.35. The number of nitro groups is 1. The number of rotatable bonds is 5. The minimum atomic E-state index is -0.619. The Morgan fingerprint density at radius 3 is 2.68 bits per heavy atom. The highest BCUT2D eigenvalue weighted by atomic mass is 16.6. The maximum absolute atomic E-state index is 11.5. The fourth-order valence-corrected chi connectivity index (χ4v) is 1.45. The normalized spacial score (nSPS) is 10.1. The highest BCUT2D eigenvalue weighted by molar-refractivity contribution is 5.69. The highest BCUT2D eigenvalue weighted by Gasteiger charge is 2.13. The number of benzene rings is 1. The third kappa shape index (κ3) is 3.63. The summed E-state index contributed by atoms with van der Waals surface area (Å²) in [5.74, 6) is -0.794. The summed E-state index contributed by atoms with van der Waals surface area (Å²) in [5.41, 5.74) is 0.877. The van der Waals surface area contributed by atoms with Crippen molar-refractivity contribution in [2.75, 3.05) is 0 Å². The molecule has 0 unspecified atom stereocenters. The molecule has 0 bridgehead atoms. The van der Waals surface area contributed by atoms with Gasteiger partial charge in [0.25, 0.3) is 0 Å². The number of hydrogen-bond acceptors (Lipinski definition) is 5. The first-order valence-electron chi connectivity index (χ1n) is 5.52. The second-order valence-electron chi connectivity index (χ2n) is 3.77. The molecule has 0 aliphatic heterocycles. The van der Waals surface area contributed by atoms with Gasteiger partial charge in [0.15, 0.2) is 6.54 Å². The molecule has 1 aromatic carbocycles. The van der Waals surface area contributed by atoms with Crippen LogP contribution in [-0.2, 0) is 22.7 Å². The lowest BCUT2D eigenvalue weighted by Crippen LogP contribution is -2.14. The van der Waals surface area contributed by atoms with E-state index in [0.717, 1.165) is 5.56 Å². The summed E-state index contributed by atoms with van der Waals surface area (Å²) in [7, 11) is 0. The lowest BCUT2D eigenvalue weighted by Gasteiger charge is -2.03. The highest BCUT2D eigenvalue weighted by Crippen LogP contribution is 2.06. The molecule has 1 aromatic heterocycles. The molecule has 7 heteroatoms. The van der Waals surface area contributed by atoms with Crippen LogP contribution in [0.3, 0.4) is 0 Å². The van der Waals surface area contributed by atoms with E-state index in [9.17, 15) is 14.9 Å². The number of hydrogen-bond donors (Lipinski definition) is 0. The SMILES string of the molecule is O=C(Cn1ccc([N+](=O)[O-])n1)OCc1ccccc1. The number of aromatic nitrogens is 2. The maximum Gasteiger partial charge on any atom is 0.389 e. The van der Waals surface area contributed by atoms with Crippen molar-refractivity contribution in [1.82, 2.24) is 9.78 Å². The van der Waals surface area contributed by atoms with Gasteiger partial charge in [0.1, 0.15) is 6.61 Å². The largest absolute Gasteiger partial charge is 0.459 e. The molecule has 2 aromatic rings. The van der Waals surface area contributed by atoms with Crippen molar-refractivity contribution in [3.63, 3.8) is 0 Å². The van der Waals surface area contributed by atoms with Crippen molar-refractivity contribution in [2.45, 2.75) is 13.2 Å². The molecule has 0 radical (unpaired) electrons. The molecule has 0 saturated heterocycles. The molecule has 0 spiro atoms. The first-order chi connectivity index (χ1) is 9.15. The number of nitrogens with zero attached hydrogens (tertiary/aromatic N) is 3. The molecule has 0 amide bonds. The molecule has 0 aliphatic carbocycles. The van der Waals surface area contributed by atoms with Crippen LogP contribution in [0.2, 0.25) is 0 Å². The topological polar surface area (TPSA) is 87.3 Å². The molecule has 0 atom stereocenters. The molecule has 0 fully saturated rings. The van der Waals surface area contributed by atoms with Gasteiger partial charge in [-0.15, -0.1) is 0 Å². The first kappa shape index (κ1) is 12.7. The second-order valence-corrected chi connectivity index (χ2v) is 3.77. The van der Waals surface area contributed by atoms with Gasteiger partial charge in [0.05, 0.1) is 17.4 Å². The van der Waals surface area contributed by atoms with Crippen molar-refractivity contribution in [2.24, 2.45) is 0 Å². The summed E-state index contributed by atoms with van der Waals surface area (Å²) in [6.07, 6.45) is 1.36. The van der Waals surface area contributed by atoms with E-state index < -0.39 is 10.9 Å². The van der Waals surface area contributed by atoms with Gasteiger partial charge in [0, 0.05) is 0 Å². The Kier molecular flexibility index (Phi) is 3.87. The third-order valence-electron chi connectivity index (χ3n) is 2.35. The predicted octanol–water partition coefficient (Wildman–Crippen LogP) is 1.53. The summed E-state index contributed by atoms with van der Waals surface area (Å²) in [6.45, 7) is 0.0176. The van der Waals surface area contributed by atoms with Gasteiger partial charge in [-0.1, -0.05) is 30.3 Å². The van der Waals surface area contributed by atoms with Gasteiger partial charge in [-0.05, 0) is 10.5 Å². The standard InChI is InChI=1S/C12H11N3O4/c16-12(19-9-10-4-2-1-3-5-10)8-14-7-6-11(13-14)15(17)18/h1-7H,8-9H2. The summed E-state index contributed by atoms with van der Waals surface area (Å²) >= 11 is 0. The Labute approximate surface area is 108 Å². The van der Waals surface area contributed by atoms with Gasteiger partial charge in [-0.25, -0.2) is 4.79 Å². The Balaban J connectivity index is 1.85. The monoisotopic (exact) mass is 261 g/mol. The summed E-state index contributed by atoms with van der Waals surface area (Å²) < 4.78 is 6.20. The van der Waals surface area contributed by atoms with Crippen LogP contribution in [0.1, 0.15) is 5.56 Å². The summed E-state index contributed by atoms with van der Waals surface area (Å²) in [4.78, 5) is 21.3. The van der Waals surface area contributed by atoms with Crippen LogP contribution < -0.4 is 0 Å². The lowest BCUT2D eigenvalue weighted by atomic mass is 10.2. The van der Waals surface area contributed by atoms with Crippen LogP contribution in [0, 0.1) is 10.1 Å². The van der Waals surface area contributed by atoms with Crippen LogP contribution in [0.15, 0.2) is 42.6 Å². The minimum absolute atomic E-state index is 0.152. The van der Waals surface area contributed by atoms with Crippen molar-refractivity contribution in [1.29, 1.82) is 0 Å². The van der Waals surface area contributed by atoms with Crippen molar-refractivity contribution >= 4 is 11.8 Å². The van der Waals surface area contributed by atoms with E-state index in [1.165, 1.54) is 16.9 Å². The van der Waals surface area contributed by atoms with E-state index in [0.29, 0.717) is 0 Å². The van der Waals surface area contributed by atoms with Crippen molar-refractivity contribution in [3.05, 3.63) is 58.3 Å². The molecule has 98 valence electrons. The van der Waals surface area contributed by atoms with E-state index >= 15 is 0 Å². The molecule has 7 nitrogen and oxygen atoms in total. The fourth-order valence-electron chi connectivity index (χ4n) is 1.45. The number of carbonyl (C=O) groups excluding carboxylic acids is 1. The maximum atomic E-state index is 11.5. The van der Waals surface area contributed by atoms with Crippen LogP contribution >= 0.6 is 0 Å². The average molecular weight is 261 g/mol. The first-order valence-corrected chi connectivity index (χ1v) is 5.52. The van der Waals surface area contributed by atoms with Crippen LogP contribution in [0.5, 0.6) is 0 Å². The van der Waals surface area contributed by atoms with E-state index in [4.69, 9.17) is 4.74 Å². The van der Waals surface area contributed by atoms with Gasteiger partial charge in [0.2, 0.25) is 0 Å². The Morgan fingerprint density at radius 1 is 1.32 bits per heavy atom. The number of ether oxygens (including phenoxy) is 1. The predicted molar refractivity (Wildman–Crippen MR) is 65.1 cm³/mol. The molecule has 0 N–H and O–H groups in total. The number of carbonyl (C=O) groups is 1. The zero-order valence-corrected chi connectivity index (χ0v) is 9.93. The average Bonchev–Trinajstić information content (AvgIpc) is 2.86. The molecule has 2 rings (SSSR count). The van der Waals surface area contributed by atoms with Gasteiger partial charge >= 0.3 is 11.8 Å². The summed E-state index contributed by atoms with van der Waals surface area (Å²) in [6, 6.07) is 10.5. The van der Waals surface area contributed by atoms with Crippen LogP contribution in [-0.4, -0.2) is 20.7 Å². The quantitative estimate of drug-likeness (QED) is 0.462. The molecule has 19 heavy (non-hydrogen) atoms. The Bertz CT molecular complexity index is 580. The molecule has 1 heterocycles. The zero-order valence-electron chi connectivity index (χ0n) is 9.93. The van der Waals surface area contributed by atoms with Crippen LogP contribution in [0.25, 0.3) is 0 Å². The van der Waals surface area contributed by atoms with Crippen molar-refractivity contribution < 1.29 is 14.5 Å². The Morgan fingerprint density at radius 2 is 2.05 bits per heavy atom. The lowest BCUT2D eigenvalue weighted by molar-refractivity contribution is -0.389. The van der Waals surface area contributed by atoms with Crippen LogP contribution in [0.4, 0.5) is 5.82 Å². The second kappa shape index (κ2) is 5.76. The fraction of sp³-hybridized carbons (Fsp3) is 0.167. The minimum Gasteiger partial charge on any atom is -0.459 e. The summed E-state index contributed by atoms with van der Waals surface area (Å²) in [5, 5.41) is 14.0. The van der Waals surface area contributed by atoms with Gasteiger partial charge in [-0.3, -0.25) is 0 Å². The zero-order chi connectivity index (χ0) is 13.7. The molecular formula is C12H11N3O4. The van der Waals surface area contributed by atoms with Gasteiger partial charge in [-0.2, -0.15) is 4.68 Å². The van der Waals surface area contributed by atoms with Gasteiger partial charge < -0.3 is 14.9 Å². The molecule has 0 aliphatic rings. The smallest absolute Gasteiger partial charge is 0.389 e.